The minimum absolute atomic E-state index is 0.229. The Hall–Kier alpha value is -2.96. The average Bonchev–Trinajstić information content (AvgIpc) is 2.49. The molecule has 0 fully saturated rings. The zero-order valence-electron chi connectivity index (χ0n) is 11.4. The number of nitrogens with one attached hydrogen (secondary N) is 2. The summed E-state index contributed by atoms with van der Waals surface area (Å²) in [4.78, 5) is 23.0. The molecule has 0 bridgehead atoms. The quantitative estimate of drug-likeness (QED) is 0.791. The van der Waals surface area contributed by atoms with Gasteiger partial charge in [-0.2, -0.15) is 0 Å². The molecule has 0 saturated heterocycles. The fourth-order valence-corrected chi connectivity index (χ4v) is 1.82. The van der Waals surface area contributed by atoms with Crippen molar-refractivity contribution in [2.45, 2.75) is 0 Å². The molecule has 22 heavy (non-hydrogen) atoms. The summed E-state index contributed by atoms with van der Waals surface area (Å²) in [6.45, 7) is -0.236. The average molecular weight is 305 g/mol. The van der Waals surface area contributed by atoms with Gasteiger partial charge in [0.25, 0.3) is 5.91 Å². The van der Waals surface area contributed by atoms with Gasteiger partial charge in [-0.15, -0.1) is 0 Å². The lowest BCUT2D eigenvalue weighted by atomic mass is 10.1. The summed E-state index contributed by atoms with van der Waals surface area (Å²) < 4.78 is 26.4. The lowest BCUT2D eigenvalue weighted by Crippen LogP contribution is -2.24. The second-order valence-electron chi connectivity index (χ2n) is 4.44. The lowest BCUT2D eigenvalue weighted by molar-refractivity contribution is -0.114. The molecular formula is C15H13F2N3O2. The van der Waals surface area contributed by atoms with E-state index in [-0.39, 0.29) is 17.8 Å². The Morgan fingerprint density at radius 2 is 1.77 bits per heavy atom. The van der Waals surface area contributed by atoms with Crippen molar-refractivity contribution in [2.75, 3.05) is 17.2 Å². The number of primary amides is 1. The van der Waals surface area contributed by atoms with Gasteiger partial charge in [0.15, 0.2) is 0 Å². The molecule has 2 rings (SSSR count). The molecule has 0 aliphatic carbocycles. The van der Waals surface area contributed by atoms with E-state index >= 15 is 0 Å². The molecular weight excluding hydrogens is 292 g/mol. The van der Waals surface area contributed by atoms with Crippen LogP contribution >= 0.6 is 0 Å². The molecule has 5 nitrogen and oxygen atoms in total. The molecule has 0 saturated carbocycles. The van der Waals surface area contributed by atoms with E-state index in [0.717, 1.165) is 18.2 Å². The lowest BCUT2D eigenvalue weighted by Gasteiger charge is -2.10. The number of para-hydroxylation sites is 1. The topological polar surface area (TPSA) is 84.2 Å². The highest BCUT2D eigenvalue weighted by atomic mass is 19.1. The minimum Gasteiger partial charge on any atom is -0.376 e. The van der Waals surface area contributed by atoms with Gasteiger partial charge in [0, 0.05) is 11.8 Å². The fourth-order valence-electron chi connectivity index (χ4n) is 1.82. The smallest absolute Gasteiger partial charge is 0.250 e. The summed E-state index contributed by atoms with van der Waals surface area (Å²) in [5.41, 5.74) is 5.56. The van der Waals surface area contributed by atoms with Crippen molar-refractivity contribution in [3.8, 4) is 0 Å². The van der Waals surface area contributed by atoms with Gasteiger partial charge in [0.1, 0.15) is 11.6 Å². The zero-order valence-corrected chi connectivity index (χ0v) is 11.4. The second-order valence-corrected chi connectivity index (χ2v) is 4.44. The fraction of sp³-hybridized carbons (Fsp3) is 0.0667. The molecule has 2 aromatic rings. The Morgan fingerprint density at radius 3 is 2.50 bits per heavy atom. The molecule has 0 heterocycles. The molecule has 0 aliphatic rings. The van der Waals surface area contributed by atoms with Crippen LogP contribution in [0.2, 0.25) is 0 Å². The van der Waals surface area contributed by atoms with Crippen molar-refractivity contribution in [2.24, 2.45) is 5.73 Å². The third-order valence-corrected chi connectivity index (χ3v) is 2.83. The van der Waals surface area contributed by atoms with E-state index in [2.05, 4.69) is 10.6 Å². The summed E-state index contributed by atoms with van der Waals surface area (Å²) in [6, 6.07) is 9.13. The van der Waals surface area contributed by atoms with Crippen LogP contribution in [0.1, 0.15) is 10.4 Å². The third-order valence-electron chi connectivity index (χ3n) is 2.83. The van der Waals surface area contributed by atoms with Gasteiger partial charge in [-0.3, -0.25) is 9.59 Å². The van der Waals surface area contributed by atoms with Gasteiger partial charge in [-0.25, -0.2) is 8.78 Å². The number of carbonyl (C=O) groups excluding carboxylic acids is 2. The first-order chi connectivity index (χ1) is 10.5. The molecule has 0 aromatic heterocycles. The minimum atomic E-state index is -0.743. The van der Waals surface area contributed by atoms with Crippen molar-refractivity contribution in [3.05, 3.63) is 59.7 Å². The Balaban J connectivity index is 2.02. The first-order valence-electron chi connectivity index (χ1n) is 6.35. The van der Waals surface area contributed by atoms with Crippen molar-refractivity contribution in [3.63, 3.8) is 0 Å². The number of amides is 2. The molecule has 0 radical (unpaired) electrons. The number of rotatable bonds is 5. The van der Waals surface area contributed by atoms with Gasteiger partial charge in [0.2, 0.25) is 5.91 Å². The van der Waals surface area contributed by atoms with Crippen molar-refractivity contribution < 1.29 is 18.4 Å². The summed E-state index contributed by atoms with van der Waals surface area (Å²) >= 11 is 0. The zero-order chi connectivity index (χ0) is 16.1. The second kappa shape index (κ2) is 6.66. The van der Waals surface area contributed by atoms with E-state index < -0.39 is 23.4 Å². The predicted molar refractivity (Wildman–Crippen MR) is 78.4 cm³/mol. The van der Waals surface area contributed by atoms with Crippen LogP contribution in [0.4, 0.5) is 20.2 Å². The number of nitrogens with two attached hydrogens (primary N) is 1. The summed E-state index contributed by atoms with van der Waals surface area (Å²) in [5.74, 6) is -2.64. The molecule has 2 aromatic carbocycles. The maximum absolute atomic E-state index is 13.4. The largest absolute Gasteiger partial charge is 0.376 e. The van der Waals surface area contributed by atoms with E-state index in [4.69, 9.17) is 5.73 Å². The number of hydrogen-bond donors (Lipinski definition) is 3. The first kappa shape index (κ1) is 15.4. The van der Waals surface area contributed by atoms with Crippen LogP contribution < -0.4 is 16.4 Å². The number of carbonyl (C=O) groups is 2. The first-order valence-corrected chi connectivity index (χ1v) is 6.35. The van der Waals surface area contributed by atoms with Gasteiger partial charge >= 0.3 is 0 Å². The molecule has 2 amide bonds. The highest BCUT2D eigenvalue weighted by molar-refractivity contribution is 6.00. The van der Waals surface area contributed by atoms with Crippen LogP contribution in [0.15, 0.2) is 42.5 Å². The molecule has 0 spiro atoms. The van der Waals surface area contributed by atoms with E-state index in [1.54, 1.807) is 18.2 Å². The van der Waals surface area contributed by atoms with Crippen molar-refractivity contribution in [1.82, 2.24) is 0 Å². The normalized spacial score (nSPS) is 10.1. The van der Waals surface area contributed by atoms with Crippen LogP contribution in [-0.4, -0.2) is 18.4 Å². The van der Waals surface area contributed by atoms with Crippen LogP contribution in [0.5, 0.6) is 0 Å². The molecule has 4 N–H and O–H groups in total. The van der Waals surface area contributed by atoms with Crippen LogP contribution in [0.3, 0.4) is 0 Å². The SMILES string of the molecule is NC(=O)c1ccccc1NCC(=O)Nc1cc(F)ccc1F. The van der Waals surface area contributed by atoms with E-state index in [1.807, 2.05) is 0 Å². The summed E-state index contributed by atoms with van der Waals surface area (Å²) in [7, 11) is 0. The Morgan fingerprint density at radius 1 is 1.05 bits per heavy atom. The third kappa shape index (κ3) is 3.78. The van der Waals surface area contributed by atoms with Crippen molar-refractivity contribution in [1.29, 1.82) is 0 Å². The number of anilines is 2. The number of hydrogen-bond acceptors (Lipinski definition) is 3. The Labute approximate surface area is 125 Å². The van der Waals surface area contributed by atoms with E-state index in [9.17, 15) is 18.4 Å². The van der Waals surface area contributed by atoms with Gasteiger partial charge in [-0.1, -0.05) is 12.1 Å². The van der Waals surface area contributed by atoms with Gasteiger partial charge < -0.3 is 16.4 Å². The molecule has 114 valence electrons. The monoisotopic (exact) mass is 305 g/mol. The Bertz CT molecular complexity index is 720. The van der Waals surface area contributed by atoms with Crippen LogP contribution in [-0.2, 0) is 4.79 Å². The summed E-state index contributed by atoms with van der Waals surface area (Å²) in [5, 5.41) is 4.96. The molecule has 0 aliphatic heterocycles. The van der Waals surface area contributed by atoms with E-state index in [1.165, 1.54) is 6.07 Å². The molecule has 7 heteroatoms. The van der Waals surface area contributed by atoms with Crippen LogP contribution in [0, 0.1) is 11.6 Å². The maximum Gasteiger partial charge on any atom is 0.250 e. The summed E-state index contributed by atoms with van der Waals surface area (Å²) in [6.07, 6.45) is 0. The maximum atomic E-state index is 13.4. The predicted octanol–water partition coefficient (Wildman–Crippen LogP) is 2.11. The standard InChI is InChI=1S/C15H13F2N3O2/c16-9-5-6-11(17)13(7-9)20-14(21)8-19-12-4-2-1-3-10(12)15(18)22/h1-7,19H,8H2,(H2,18,22)(H,20,21). The number of benzene rings is 2. The Kier molecular flexibility index (Phi) is 4.67. The number of halogens is 2. The molecule has 0 unspecified atom stereocenters. The highest BCUT2D eigenvalue weighted by Crippen LogP contribution is 2.16. The van der Waals surface area contributed by atoms with Crippen LogP contribution in [0.25, 0.3) is 0 Å². The van der Waals surface area contributed by atoms with Gasteiger partial charge in [0.05, 0.1) is 17.8 Å². The van der Waals surface area contributed by atoms with E-state index in [0.29, 0.717) is 5.69 Å². The van der Waals surface area contributed by atoms with Gasteiger partial charge in [-0.05, 0) is 24.3 Å². The molecule has 0 atom stereocenters. The van der Waals surface area contributed by atoms with Crippen molar-refractivity contribution >= 4 is 23.2 Å². The highest BCUT2D eigenvalue weighted by Gasteiger charge is 2.10.